The molecular weight excluding hydrogens is 284 g/mol. The quantitative estimate of drug-likeness (QED) is 0.929. The van der Waals surface area contributed by atoms with E-state index in [4.69, 9.17) is 0 Å². The van der Waals surface area contributed by atoms with Crippen LogP contribution < -0.4 is 0 Å². The smallest absolute Gasteiger partial charge is 0.115 e. The number of rotatable bonds is 3. The second-order valence-corrected chi connectivity index (χ2v) is 8.09. The maximum absolute atomic E-state index is 10.1. The van der Waals surface area contributed by atoms with Crippen molar-refractivity contribution in [2.24, 2.45) is 5.92 Å². The van der Waals surface area contributed by atoms with E-state index in [-0.39, 0.29) is 5.41 Å². The highest BCUT2D eigenvalue weighted by molar-refractivity contribution is 5.44. The average Bonchev–Trinajstić information content (AvgIpc) is 3.05. The Balaban J connectivity index is 1.70. The first-order valence-corrected chi connectivity index (χ1v) is 9.35. The molecule has 3 nitrogen and oxygen atoms in total. The number of likely N-dealkylation sites (N-methyl/N-ethyl adjacent to an activating group) is 1. The molecular formula is C20H30N2O. The zero-order valence-corrected chi connectivity index (χ0v) is 14.6. The molecule has 3 aliphatic rings. The molecule has 0 amide bonds. The Kier molecular flexibility index (Phi) is 3.89. The number of hydrogen-bond acceptors (Lipinski definition) is 3. The first-order chi connectivity index (χ1) is 11.1. The molecule has 23 heavy (non-hydrogen) atoms. The number of piperidine rings is 1. The molecule has 0 aromatic heterocycles. The molecule has 0 spiro atoms. The van der Waals surface area contributed by atoms with Gasteiger partial charge in [-0.05, 0) is 94.5 Å². The minimum atomic E-state index is 0.256. The molecule has 2 aliphatic heterocycles. The Hall–Kier alpha value is -1.06. The Bertz CT molecular complexity index is 581. The van der Waals surface area contributed by atoms with Gasteiger partial charge in [0.05, 0.1) is 0 Å². The average molecular weight is 314 g/mol. The lowest BCUT2D eigenvalue weighted by Crippen LogP contribution is -2.58. The highest BCUT2D eigenvalue weighted by atomic mass is 16.3. The molecule has 1 N–H and O–H groups in total. The summed E-state index contributed by atoms with van der Waals surface area (Å²) in [6, 6.07) is 6.78. The Morgan fingerprint density at radius 3 is 2.78 bits per heavy atom. The van der Waals surface area contributed by atoms with Gasteiger partial charge in [0.2, 0.25) is 0 Å². The van der Waals surface area contributed by atoms with Crippen molar-refractivity contribution >= 4 is 0 Å². The van der Waals surface area contributed by atoms with Crippen LogP contribution in [0.25, 0.3) is 0 Å². The molecule has 1 aromatic carbocycles. The fourth-order valence-corrected chi connectivity index (χ4v) is 5.51. The minimum absolute atomic E-state index is 0.256. The largest absolute Gasteiger partial charge is 0.508 e. The highest BCUT2D eigenvalue weighted by Gasteiger charge is 2.50. The standard InChI is InChI=1S/C20H30N2O/c1-15-19-13-16-5-6-17(23)14-18(16)20(15,7-11-21(19)2)8-12-22-9-3-4-10-22/h5-6,14-15,19,23H,3-4,7-13H2,1-2H3/t15-,19+,20-/m0/s1. The van der Waals surface area contributed by atoms with E-state index >= 15 is 0 Å². The maximum atomic E-state index is 10.1. The van der Waals surface area contributed by atoms with Gasteiger partial charge < -0.3 is 14.9 Å². The Morgan fingerprint density at radius 1 is 1.22 bits per heavy atom. The van der Waals surface area contributed by atoms with Gasteiger partial charge in [0.1, 0.15) is 5.75 Å². The molecule has 2 heterocycles. The summed E-state index contributed by atoms with van der Waals surface area (Å²) in [5.74, 6) is 1.10. The van der Waals surface area contributed by atoms with Crippen molar-refractivity contribution in [2.75, 3.05) is 33.2 Å². The molecule has 3 heteroatoms. The number of phenols is 1. The summed E-state index contributed by atoms with van der Waals surface area (Å²) in [7, 11) is 2.29. The van der Waals surface area contributed by atoms with Crippen LogP contribution >= 0.6 is 0 Å². The van der Waals surface area contributed by atoms with Crippen LogP contribution in [-0.4, -0.2) is 54.2 Å². The molecule has 1 aliphatic carbocycles. The van der Waals surface area contributed by atoms with Crippen molar-refractivity contribution in [2.45, 2.75) is 50.5 Å². The van der Waals surface area contributed by atoms with E-state index in [0.29, 0.717) is 17.7 Å². The van der Waals surface area contributed by atoms with E-state index < -0.39 is 0 Å². The van der Waals surface area contributed by atoms with Crippen LogP contribution in [0.5, 0.6) is 5.75 Å². The van der Waals surface area contributed by atoms with Crippen molar-refractivity contribution in [3.63, 3.8) is 0 Å². The second-order valence-electron chi connectivity index (χ2n) is 8.09. The number of aromatic hydroxyl groups is 1. The van der Waals surface area contributed by atoms with Crippen LogP contribution in [0, 0.1) is 5.92 Å². The van der Waals surface area contributed by atoms with Crippen molar-refractivity contribution in [3.8, 4) is 5.75 Å². The van der Waals surface area contributed by atoms with Gasteiger partial charge in [-0.3, -0.25) is 0 Å². The first-order valence-electron chi connectivity index (χ1n) is 9.35. The lowest BCUT2D eigenvalue weighted by Gasteiger charge is -2.55. The summed E-state index contributed by atoms with van der Waals surface area (Å²) in [6.45, 7) is 7.42. The molecule has 3 atom stereocenters. The summed E-state index contributed by atoms with van der Waals surface area (Å²) in [6.07, 6.45) is 6.34. The lowest BCUT2D eigenvalue weighted by atomic mass is 9.56. The van der Waals surface area contributed by atoms with Gasteiger partial charge in [-0.1, -0.05) is 13.0 Å². The molecule has 0 radical (unpaired) electrons. The molecule has 0 saturated carbocycles. The van der Waals surface area contributed by atoms with E-state index in [2.05, 4.69) is 35.9 Å². The molecule has 4 rings (SSSR count). The number of likely N-dealkylation sites (tertiary alicyclic amines) is 2. The maximum Gasteiger partial charge on any atom is 0.115 e. The zero-order valence-electron chi connectivity index (χ0n) is 14.6. The van der Waals surface area contributed by atoms with Crippen molar-refractivity contribution in [1.29, 1.82) is 0 Å². The molecule has 1 aromatic rings. The fraction of sp³-hybridized carbons (Fsp3) is 0.700. The summed E-state index contributed by atoms with van der Waals surface area (Å²) >= 11 is 0. The van der Waals surface area contributed by atoms with Gasteiger partial charge in [-0.25, -0.2) is 0 Å². The number of nitrogens with zero attached hydrogens (tertiary/aromatic N) is 2. The second kappa shape index (κ2) is 5.78. The number of benzene rings is 1. The van der Waals surface area contributed by atoms with Crippen LogP contribution in [0.2, 0.25) is 0 Å². The van der Waals surface area contributed by atoms with Crippen LogP contribution in [0.1, 0.15) is 43.7 Å². The summed E-state index contributed by atoms with van der Waals surface area (Å²) < 4.78 is 0. The lowest BCUT2D eigenvalue weighted by molar-refractivity contribution is 0.0311. The van der Waals surface area contributed by atoms with Crippen LogP contribution in [0.15, 0.2) is 18.2 Å². The SMILES string of the molecule is C[C@H]1[C@H]2Cc3ccc(O)cc3[C@]1(CCN1CCCC1)CCN2C. The molecule has 126 valence electrons. The predicted octanol–water partition coefficient (Wildman–Crippen LogP) is 3.01. The molecule has 2 saturated heterocycles. The van der Waals surface area contributed by atoms with Crippen LogP contribution in [-0.2, 0) is 11.8 Å². The topological polar surface area (TPSA) is 26.7 Å². The Labute approximate surface area is 140 Å². The van der Waals surface area contributed by atoms with Gasteiger partial charge >= 0.3 is 0 Å². The van der Waals surface area contributed by atoms with Crippen molar-refractivity contribution < 1.29 is 5.11 Å². The minimum Gasteiger partial charge on any atom is -0.508 e. The summed E-state index contributed by atoms with van der Waals surface area (Å²) in [5.41, 5.74) is 3.18. The normalized spacial score (nSPS) is 34.5. The number of hydrogen-bond donors (Lipinski definition) is 1. The highest BCUT2D eigenvalue weighted by Crippen LogP contribution is 2.51. The third kappa shape index (κ3) is 2.49. The van der Waals surface area contributed by atoms with Gasteiger partial charge in [0.25, 0.3) is 0 Å². The molecule has 2 bridgehead atoms. The number of phenolic OH excluding ortho intramolecular Hbond substituents is 1. The van der Waals surface area contributed by atoms with Crippen molar-refractivity contribution in [1.82, 2.24) is 9.80 Å². The van der Waals surface area contributed by atoms with E-state index in [0.717, 1.165) is 6.42 Å². The molecule has 2 fully saturated rings. The predicted molar refractivity (Wildman–Crippen MR) is 94.0 cm³/mol. The van der Waals surface area contributed by atoms with Crippen LogP contribution in [0.3, 0.4) is 0 Å². The van der Waals surface area contributed by atoms with Crippen molar-refractivity contribution in [3.05, 3.63) is 29.3 Å². The van der Waals surface area contributed by atoms with E-state index in [9.17, 15) is 5.11 Å². The van der Waals surface area contributed by atoms with Gasteiger partial charge in [0.15, 0.2) is 0 Å². The van der Waals surface area contributed by atoms with Gasteiger partial charge in [0, 0.05) is 11.5 Å². The van der Waals surface area contributed by atoms with Crippen LogP contribution in [0.4, 0.5) is 0 Å². The van der Waals surface area contributed by atoms with Gasteiger partial charge in [-0.2, -0.15) is 0 Å². The van der Waals surface area contributed by atoms with E-state index in [1.54, 1.807) is 0 Å². The van der Waals surface area contributed by atoms with Gasteiger partial charge in [-0.15, -0.1) is 0 Å². The fourth-order valence-electron chi connectivity index (χ4n) is 5.51. The first kappa shape index (κ1) is 15.5. The van der Waals surface area contributed by atoms with E-state index in [1.165, 1.54) is 63.0 Å². The monoisotopic (exact) mass is 314 g/mol. The third-order valence-corrected chi connectivity index (χ3v) is 7.06. The molecule has 0 unspecified atom stereocenters. The van der Waals surface area contributed by atoms with E-state index in [1.807, 2.05) is 6.07 Å². The number of fused-ring (bicyclic) bond motifs is 4. The summed E-state index contributed by atoms with van der Waals surface area (Å²) in [5, 5.41) is 10.1. The third-order valence-electron chi connectivity index (χ3n) is 7.06. The Morgan fingerprint density at radius 2 is 2.00 bits per heavy atom. The summed E-state index contributed by atoms with van der Waals surface area (Å²) in [4.78, 5) is 5.21. The zero-order chi connectivity index (χ0) is 16.0.